The highest BCUT2D eigenvalue weighted by Gasteiger charge is 2.19. The molecule has 3 N–H and O–H groups in total. The highest BCUT2D eigenvalue weighted by Crippen LogP contribution is 2.28. The molecule has 1 aromatic heterocycles. The minimum atomic E-state index is -0.408. The minimum Gasteiger partial charge on any atom is -0.439 e. The molecule has 0 fully saturated rings. The highest BCUT2D eigenvalue weighted by molar-refractivity contribution is 9.10. The summed E-state index contributed by atoms with van der Waals surface area (Å²) < 4.78 is 19.5. The summed E-state index contributed by atoms with van der Waals surface area (Å²) in [6.45, 7) is 5.93. The van der Waals surface area contributed by atoms with Crippen molar-refractivity contribution < 1.29 is 9.13 Å². The summed E-state index contributed by atoms with van der Waals surface area (Å²) in [5.74, 6) is 6.65. The van der Waals surface area contributed by atoms with E-state index in [0.717, 1.165) is 0 Å². The van der Waals surface area contributed by atoms with Gasteiger partial charge in [0.25, 0.3) is 0 Å². The predicted molar refractivity (Wildman–Crippen MR) is 82.7 cm³/mol. The number of hydrazine groups is 1. The Hall–Kier alpha value is -1.73. The number of rotatable bonds is 3. The standard InChI is InChI=1S/C14H16BrFN4O/c1-14(2,3)13-18-11(20-17)7-12(19-13)21-8-4-5-9(15)10(16)6-8/h4-7H,17H2,1-3H3,(H,18,19,20). The van der Waals surface area contributed by atoms with Crippen molar-refractivity contribution in [2.75, 3.05) is 5.43 Å². The maximum absolute atomic E-state index is 13.5. The van der Waals surface area contributed by atoms with Crippen molar-refractivity contribution >= 4 is 21.7 Å². The molecule has 0 aliphatic carbocycles. The fraction of sp³-hybridized carbons (Fsp3) is 0.286. The number of anilines is 1. The number of nitrogens with two attached hydrogens (primary N) is 1. The van der Waals surface area contributed by atoms with Gasteiger partial charge >= 0.3 is 0 Å². The van der Waals surface area contributed by atoms with Crippen molar-refractivity contribution in [3.63, 3.8) is 0 Å². The number of ether oxygens (including phenoxy) is 1. The largest absolute Gasteiger partial charge is 0.439 e. The van der Waals surface area contributed by atoms with Gasteiger partial charge in [-0.05, 0) is 28.1 Å². The molecule has 7 heteroatoms. The van der Waals surface area contributed by atoms with Crippen LogP contribution in [-0.2, 0) is 5.41 Å². The maximum atomic E-state index is 13.5. The number of hydrogen-bond acceptors (Lipinski definition) is 5. The lowest BCUT2D eigenvalue weighted by Crippen LogP contribution is -2.19. The Balaban J connectivity index is 2.36. The van der Waals surface area contributed by atoms with Crippen LogP contribution in [0.1, 0.15) is 26.6 Å². The first-order chi connectivity index (χ1) is 9.79. The van der Waals surface area contributed by atoms with E-state index in [4.69, 9.17) is 10.6 Å². The second-order valence-electron chi connectivity index (χ2n) is 5.49. The molecule has 0 saturated heterocycles. The zero-order chi connectivity index (χ0) is 15.6. The molecule has 0 spiro atoms. The van der Waals surface area contributed by atoms with E-state index in [1.807, 2.05) is 20.8 Å². The van der Waals surface area contributed by atoms with Crippen LogP contribution in [0.15, 0.2) is 28.7 Å². The second-order valence-corrected chi connectivity index (χ2v) is 6.34. The number of nitrogen functional groups attached to an aromatic ring is 1. The van der Waals surface area contributed by atoms with Crippen molar-refractivity contribution in [2.24, 2.45) is 5.84 Å². The highest BCUT2D eigenvalue weighted by atomic mass is 79.9. The Morgan fingerprint density at radius 2 is 1.95 bits per heavy atom. The second kappa shape index (κ2) is 5.95. The van der Waals surface area contributed by atoms with E-state index < -0.39 is 5.82 Å². The lowest BCUT2D eigenvalue weighted by molar-refractivity contribution is 0.442. The third-order valence-corrected chi connectivity index (χ3v) is 3.28. The fourth-order valence-corrected chi connectivity index (χ4v) is 1.79. The van der Waals surface area contributed by atoms with Gasteiger partial charge in [0.2, 0.25) is 5.88 Å². The van der Waals surface area contributed by atoms with Gasteiger partial charge in [-0.15, -0.1) is 0 Å². The zero-order valence-corrected chi connectivity index (χ0v) is 13.5. The molecule has 0 saturated carbocycles. The van der Waals surface area contributed by atoms with Crippen LogP contribution in [0.3, 0.4) is 0 Å². The first kappa shape index (κ1) is 15.7. The van der Waals surface area contributed by atoms with Gasteiger partial charge in [0.05, 0.1) is 4.47 Å². The number of nitrogens with one attached hydrogen (secondary N) is 1. The first-order valence-electron chi connectivity index (χ1n) is 6.28. The normalized spacial score (nSPS) is 11.3. The minimum absolute atomic E-state index is 0.268. The van der Waals surface area contributed by atoms with E-state index in [0.29, 0.717) is 27.7 Å². The molecule has 0 amide bonds. The molecular weight excluding hydrogens is 339 g/mol. The molecule has 112 valence electrons. The van der Waals surface area contributed by atoms with Gasteiger partial charge < -0.3 is 10.2 Å². The van der Waals surface area contributed by atoms with Crippen LogP contribution in [0.5, 0.6) is 11.6 Å². The molecule has 2 aromatic rings. The Bertz CT molecular complexity index is 658. The molecule has 0 bridgehead atoms. The number of nitrogens with zero attached hydrogens (tertiary/aromatic N) is 2. The van der Waals surface area contributed by atoms with Crippen LogP contribution >= 0.6 is 15.9 Å². The van der Waals surface area contributed by atoms with Crippen molar-refractivity contribution in [2.45, 2.75) is 26.2 Å². The lowest BCUT2D eigenvalue weighted by atomic mass is 9.96. The topological polar surface area (TPSA) is 73.1 Å². The summed E-state index contributed by atoms with van der Waals surface area (Å²) in [7, 11) is 0. The molecule has 5 nitrogen and oxygen atoms in total. The van der Waals surface area contributed by atoms with E-state index in [2.05, 4.69) is 31.3 Å². The molecule has 0 atom stereocenters. The average molecular weight is 355 g/mol. The molecular formula is C14H16BrFN4O. The van der Waals surface area contributed by atoms with Gasteiger partial charge in [-0.3, -0.25) is 0 Å². The van der Waals surface area contributed by atoms with Crippen LogP contribution in [-0.4, -0.2) is 9.97 Å². The molecule has 0 unspecified atom stereocenters. The van der Waals surface area contributed by atoms with Crippen LogP contribution in [0, 0.1) is 5.82 Å². The van der Waals surface area contributed by atoms with Gasteiger partial charge in [0.15, 0.2) is 0 Å². The molecule has 0 aliphatic heterocycles. The van der Waals surface area contributed by atoms with E-state index in [1.54, 1.807) is 18.2 Å². The SMILES string of the molecule is CC(C)(C)c1nc(NN)cc(Oc2ccc(Br)c(F)c2)n1. The quantitative estimate of drug-likeness (QED) is 0.648. The molecule has 1 aromatic carbocycles. The summed E-state index contributed by atoms with van der Waals surface area (Å²) in [6.07, 6.45) is 0. The van der Waals surface area contributed by atoms with Crippen LogP contribution in [0.25, 0.3) is 0 Å². The average Bonchev–Trinajstić information content (AvgIpc) is 2.41. The van der Waals surface area contributed by atoms with E-state index in [1.165, 1.54) is 6.07 Å². The molecule has 0 aliphatic rings. The summed E-state index contributed by atoms with van der Waals surface area (Å²) in [4.78, 5) is 8.62. The third kappa shape index (κ3) is 3.89. The third-order valence-electron chi connectivity index (χ3n) is 2.63. The maximum Gasteiger partial charge on any atom is 0.224 e. The monoisotopic (exact) mass is 354 g/mol. The Morgan fingerprint density at radius 3 is 2.52 bits per heavy atom. The van der Waals surface area contributed by atoms with E-state index in [-0.39, 0.29) is 5.41 Å². The molecule has 21 heavy (non-hydrogen) atoms. The summed E-state index contributed by atoms with van der Waals surface area (Å²) in [6, 6.07) is 6.04. The predicted octanol–water partition coefficient (Wildman–Crippen LogP) is 3.75. The van der Waals surface area contributed by atoms with E-state index in [9.17, 15) is 4.39 Å². The van der Waals surface area contributed by atoms with Crippen LogP contribution in [0.4, 0.5) is 10.2 Å². The van der Waals surface area contributed by atoms with Crippen molar-refractivity contribution in [1.82, 2.24) is 9.97 Å². The smallest absolute Gasteiger partial charge is 0.224 e. The Kier molecular flexibility index (Phi) is 4.43. The molecule has 1 heterocycles. The van der Waals surface area contributed by atoms with Crippen molar-refractivity contribution in [1.29, 1.82) is 0 Å². The van der Waals surface area contributed by atoms with Gasteiger partial charge in [-0.25, -0.2) is 15.2 Å². The van der Waals surface area contributed by atoms with Crippen molar-refractivity contribution in [3.05, 3.63) is 40.4 Å². The zero-order valence-electron chi connectivity index (χ0n) is 11.9. The summed E-state index contributed by atoms with van der Waals surface area (Å²) in [5, 5.41) is 0. The number of aromatic nitrogens is 2. The van der Waals surface area contributed by atoms with Crippen LogP contribution in [0.2, 0.25) is 0 Å². The van der Waals surface area contributed by atoms with Gasteiger partial charge in [0, 0.05) is 17.5 Å². The first-order valence-corrected chi connectivity index (χ1v) is 7.08. The number of halogens is 2. The van der Waals surface area contributed by atoms with Gasteiger partial charge in [-0.1, -0.05) is 20.8 Å². The van der Waals surface area contributed by atoms with Crippen molar-refractivity contribution in [3.8, 4) is 11.6 Å². The lowest BCUT2D eigenvalue weighted by Gasteiger charge is -2.18. The van der Waals surface area contributed by atoms with Gasteiger partial charge in [-0.2, -0.15) is 4.98 Å². The number of hydrogen-bond donors (Lipinski definition) is 2. The van der Waals surface area contributed by atoms with Crippen LogP contribution < -0.4 is 16.0 Å². The summed E-state index contributed by atoms with van der Waals surface area (Å²) in [5.41, 5.74) is 2.21. The Morgan fingerprint density at radius 1 is 1.24 bits per heavy atom. The fourth-order valence-electron chi connectivity index (χ4n) is 1.55. The number of benzene rings is 1. The van der Waals surface area contributed by atoms with E-state index >= 15 is 0 Å². The Labute approximate surface area is 130 Å². The summed E-state index contributed by atoms with van der Waals surface area (Å²) >= 11 is 3.09. The molecule has 2 rings (SSSR count). The molecule has 0 radical (unpaired) electrons. The van der Waals surface area contributed by atoms with Gasteiger partial charge in [0.1, 0.15) is 23.2 Å².